The third-order valence-electron chi connectivity index (χ3n) is 5.10. The molecule has 0 saturated carbocycles. The van der Waals surface area contributed by atoms with E-state index in [-0.39, 0.29) is 21.6 Å². The van der Waals surface area contributed by atoms with Crippen LogP contribution in [0.2, 0.25) is 5.02 Å². The Hall–Kier alpha value is -2.76. The van der Waals surface area contributed by atoms with Crippen molar-refractivity contribution in [1.29, 1.82) is 0 Å². The first-order chi connectivity index (χ1) is 14.3. The summed E-state index contributed by atoms with van der Waals surface area (Å²) in [5, 5.41) is 0.281. The normalized spacial score (nSPS) is 13.5. The minimum absolute atomic E-state index is 0.276. The fraction of sp³-hybridized carbons (Fsp3) is 0.167. The highest BCUT2D eigenvalue weighted by molar-refractivity contribution is 8.00. The van der Waals surface area contributed by atoms with Crippen LogP contribution in [-0.2, 0) is 4.75 Å². The number of carbonyl (C=O) groups excluding carboxylic acids is 2. The zero-order valence-corrected chi connectivity index (χ0v) is 18.4. The van der Waals surface area contributed by atoms with Gasteiger partial charge in [0, 0.05) is 10.8 Å². The van der Waals surface area contributed by atoms with Crippen LogP contribution in [0.4, 0.5) is 5.69 Å². The van der Waals surface area contributed by atoms with Gasteiger partial charge < -0.3 is 4.74 Å². The summed E-state index contributed by atoms with van der Waals surface area (Å²) < 4.78 is 5.27. The lowest BCUT2D eigenvalue weighted by Gasteiger charge is -2.27. The summed E-state index contributed by atoms with van der Waals surface area (Å²) in [5.41, 5.74) is 2.27. The quantitative estimate of drug-likeness (QED) is 0.353. The van der Waals surface area contributed by atoms with Gasteiger partial charge in [-0.25, -0.2) is 4.90 Å². The maximum absolute atomic E-state index is 12.9. The molecular weight excluding hydrogens is 418 g/mol. The summed E-state index contributed by atoms with van der Waals surface area (Å²) in [7, 11) is 1.58. The number of rotatable bonds is 5. The van der Waals surface area contributed by atoms with Crippen LogP contribution in [-0.4, -0.2) is 18.9 Å². The molecule has 0 unspecified atom stereocenters. The van der Waals surface area contributed by atoms with Gasteiger partial charge in [-0.1, -0.05) is 54.1 Å². The van der Waals surface area contributed by atoms with Crippen molar-refractivity contribution in [2.24, 2.45) is 0 Å². The van der Waals surface area contributed by atoms with Crippen LogP contribution < -0.4 is 9.64 Å². The first-order valence-electron chi connectivity index (χ1n) is 9.43. The maximum Gasteiger partial charge on any atom is 0.266 e. The fourth-order valence-corrected chi connectivity index (χ4v) is 4.97. The van der Waals surface area contributed by atoms with E-state index in [2.05, 4.69) is 26.0 Å². The summed E-state index contributed by atoms with van der Waals surface area (Å²) in [6.07, 6.45) is 0. The number of methoxy groups -OCH3 is 1. The number of carbonyl (C=O) groups is 2. The van der Waals surface area contributed by atoms with Crippen LogP contribution in [0.5, 0.6) is 5.75 Å². The second kappa shape index (κ2) is 7.82. The maximum atomic E-state index is 12.9. The van der Waals surface area contributed by atoms with Crippen molar-refractivity contribution in [3.8, 4) is 5.75 Å². The lowest BCUT2D eigenvalue weighted by molar-refractivity contribution is 0.0926. The van der Waals surface area contributed by atoms with E-state index in [0.717, 1.165) is 15.4 Å². The molecule has 2 amide bonds. The lowest BCUT2D eigenvalue weighted by Crippen LogP contribution is -2.29. The molecule has 6 heteroatoms. The summed E-state index contributed by atoms with van der Waals surface area (Å²) in [6.45, 7) is 4.23. The number of benzene rings is 3. The van der Waals surface area contributed by atoms with Gasteiger partial charge in [-0.3, -0.25) is 9.59 Å². The molecule has 0 aromatic heterocycles. The minimum atomic E-state index is -0.374. The number of amides is 2. The van der Waals surface area contributed by atoms with Crippen molar-refractivity contribution in [1.82, 2.24) is 0 Å². The number of halogens is 1. The highest BCUT2D eigenvalue weighted by Gasteiger charge is 2.38. The summed E-state index contributed by atoms with van der Waals surface area (Å²) in [5.74, 6) is -0.156. The molecule has 0 N–H and O–H groups in total. The Kier molecular flexibility index (Phi) is 5.35. The summed E-state index contributed by atoms with van der Waals surface area (Å²) >= 11 is 8.07. The first-order valence-corrected chi connectivity index (χ1v) is 10.6. The van der Waals surface area contributed by atoms with Crippen LogP contribution in [0.25, 0.3) is 0 Å². The van der Waals surface area contributed by atoms with Crippen molar-refractivity contribution < 1.29 is 14.3 Å². The van der Waals surface area contributed by atoms with Gasteiger partial charge in [-0.15, -0.1) is 11.8 Å². The molecule has 152 valence electrons. The molecule has 30 heavy (non-hydrogen) atoms. The van der Waals surface area contributed by atoms with E-state index in [0.29, 0.717) is 22.6 Å². The number of imide groups is 1. The molecular formula is C24H20ClNO3S. The molecule has 3 aromatic rings. The molecule has 0 bridgehead atoms. The molecule has 0 spiro atoms. The van der Waals surface area contributed by atoms with Crippen molar-refractivity contribution in [2.75, 3.05) is 12.0 Å². The Morgan fingerprint density at radius 2 is 1.47 bits per heavy atom. The highest BCUT2D eigenvalue weighted by atomic mass is 35.5. The number of thioether (sulfide) groups is 1. The van der Waals surface area contributed by atoms with Gasteiger partial charge in [0.05, 0.1) is 33.8 Å². The third-order valence-corrected chi connectivity index (χ3v) is 6.69. The smallest absolute Gasteiger partial charge is 0.266 e. The van der Waals surface area contributed by atoms with E-state index in [1.807, 2.05) is 18.2 Å². The van der Waals surface area contributed by atoms with Crippen LogP contribution in [0.3, 0.4) is 0 Å². The predicted octanol–water partition coefficient (Wildman–Crippen LogP) is 6.18. The molecule has 4 nitrogen and oxygen atoms in total. The van der Waals surface area contributed by atoms with Gasteiger partial charge in [-0.05, 0) is 37.6 Å². The molecule has 0 fully saturated rings. The number of hydrogen-bond donors (Lipinski definition) is 0. The molecule has 4 rings (SSSR count). The Bertz CT molecular complexity index is 1110. The van der Waals surface area contributed by atoms with Crippen LogP contribution >= 0.6 is 23.4 Å². The Balaban J connectivity index is 1.77. The molecule has 0 atom stereocenters. The average molecular weight is 438 g/mol. The average Bonchev–Trinajstić information content (AvgIpc) is 3.00. The van der Waals surface area contributed by atoms with E-state index in [4.69, 9.17) is 16.3 Å². The van der Waals surface area contributed by atoms with Gasteiger partial charge in [0.1, 0.15) is 5.75 Å². The Morgan fingerprint density at radius 1 is 0.900 bits per heavy atom. The van der Waals surface area contributed by atoms with Crippen LogP contribution in [0, 0.1) is 0 Å². The van der Waals surface area contributed by atoms with Gasteiger partial charge in [0.15, 0.2) is 0 Å². The standard InChI is InChI=1S/C24H20ClNO3S/c1-24(2,15-9-5-4-6-10-15)30-21-14-19(18(25)13-20(21)29-3)26-22(27)16-11-7-8-12-17(16)23(26)28/h4-14H,1-3H3. The zero-order valence-electron chi connectivity index (χ0n) is 16.8. The van der Waals surface area contributed by atoms with Crippen LogP contribution in [0.1, 0.15) is 40.1 Å². The number of ether oxygens (including phenoxy) is 1. The largest absolute Gasteiger partial charge is 0.496 e. The predicted molar refractivity (Wildman–Crippen MR) is 121 cm³/mol. The third kappa shape index (κ3) is 3.48. The van der Waals surface area contributed by atoms with E-state index in [1.54, 1.807) is 55.3 Å². The molecule has 3 aromatic carbocycles. The lowest BCUT2D eigenvalue weighted by atomic mass is 10.0. The molecule has 0 saturated heterocycles. The Morgan fingerprint density at radius 3 is 2.03 bits per heavy atom. The van der Waals surface area contributed by atoms with Crippen molar-refractivity contribution in [3.05, 3.63) is 88.4 Å². The number of anilines is 1. The van der Waals surface area contributed by atoms with Gasteiger partial charge in [-0.2, -0.15) is 0 Å². The number of hydrogen-bond acceptors (Lipinski definition) is 4. The second-order valence-corrected chi connectivity index (χ2v) is 9.50. The van der Waals surface area contributed by atoms with Gasteiger partial charge in [0.2, 0.25) is 0 Å². The molecule has 1 aliphatic heterocycles. The van der Waals surface area contributed by atoms with E-state index in [9.17, 15) is 9.59 Å². The SMILES string of the molecule is COc1cc(Cl)c(N2C(=O)c3ccccc3C2=O)cc1SC(C)(C)c1ccccc1. The van der Waals surface area contributed by atoms with Crippen molar-refractivity contribution in [2.45, 2.75) is 23.5 Å². The summed E-state index contributed by atoms with van der Waals surface area (Å²) in [6, 6.07) is 20.3. The number of fused-ring (bicyclic) bond motifs is 1. The van der Waals surface area contributed by atoms with Gasteiger partial charge in [0.25, 0.3) is 11.8 Å². The first kappa shape index (κ1) is 20.5. The summed E-state index contributed by atoms with van der Waals surface area (Å²) in [4.78, 5) is 27.8. The van der Waals surface area contributed by atoms with Crippen molar-refractivity contribution in [3.63, 3.8) is 0 Å². The molecule has 1 heterocycles. The number of nitrogens with zero attached hydrogens (tertiary/aromatic N) is 1. The topological polar surface area (TPSA) is 46.6 Å². The van der Waals surface area contributed by atoms with E-state index >= 15 is 0 Å². The minimum Gasteiger partial charge on any atom is -0.496 e. The molecule has 0 aliphatic carbocycles. The van der Waals surface area contributed by atoms with Crippen LogP contribution in [0.15, 0.2) is 71.6 Å². The monoisotopic (exact) mass is 437 g/mol. The zero-order chi connectivity index (χ0) is 21.5. The highest BCUT2D eigenvalue weighted by Crippen LogP contribution is 2.48. The molecule has 0 radical (unpaired) electrons. The van der Waals surface area contributed by atoms with E-state index in [1.165, 1.54) is 0 Å². The second-order valence-electron chi connectivity index (χ2n) is 7.42. The Labute approximate surface area is 184 Å². The van der Waals surface area contributed by atoms with Gasteiger partial charge >= 0.3 is 0 Å². The molecule has 1 aliphatic rings. The fourth-order valence-electron chi connectivity index (χ4n) is 3.52. The van der Waals surface area contributed by atoms with E-state index < -0.39 is 0 Å². The van der Waals surface area contributed by atoms with Crippen molar-refractivity contribution >= 4 is 40.9 Å².